The fourth-order valence-electron chi connectivity index (χ4n) is 4.71. The number of benzene rings is 2. The van der Waals surface area contributed by atoms with Crippen LogP contribution in [0.2, 0.25) is 0 Å². The van der Waals surface area contributed by atoms with E-state index in [1.54, 1.807) is 38.4 Å². The molecule has 3 rings (SSSR count). The Hall–Kier alpha value is -1.99. The Balaban J connectivity index is 1.92. The van der Waals surface area contributed by atoms with Crippen LogP contribution in [0.25, 0.3) is 0 Å². The molecule has 7 heteroatoms. The highest BCUT2D eigenvalue weighted by Gasteiger charge is 2.37. The number of hydrogen-bond acceptors (Lipinski definition) is 3. The van der Waals surface area contributed by atoms with Crippen LogP contribution in [0.15, 0.2) is 53.4 Å². The van der Waals surface area contributed by atoms with Crippen molar-refractivity contribution in [3.63, 3.8) is 0 Å². The van der Waals surface area contributed by atoms with E-state index in [0.717, 1.165) is 43.5 Å². The Bertz CT molecular complexity index is 929. The predicted octanol–water partition coefficient (Wildman–Crippen LogP) is 6.67. The Kier molecular flexibility index (Phi) is 8.51. The van der Waals surface area contributed by atoms with Crippen LogP contribution < -0.4 is 0 Å². The molecule has 33 heavy (non-hydrogen) atoms. The summed E-state index contributed by atoms with van der Waals surface area (Å²) in [5.41, 5.74) is 0.391. The van der Waals surface area contributed by atoms with Gasteiger partial charge in [0.25, 0.3) is 0 Å². The van der Waals surface area contributed by atoms with Gasteiger partial charge in [-0.25, -0.2) is 0 Å². The third kappa shape index (κ3) is 6.12. The van der Waals surface area contributed by atoms with Crippen LogP contribution in [0.4, 0.5) is 13.2 Å². The van der Waals surface area contributed by atoms with Crippen molar-refractivity contribution in [2.24, 2.45) is 5.92 Å². The molecule has 3 atom stereocenters. The van der Waals surface area contributed by atoms with E-state index in [0.29, 0.717) is 23.5 Å². The summed E-state index contributed by atoms with van der Waals surface area (Å²) in [6, 6.07) is 12.8. The highest BCUT2D eigenvalue weighted by Crippen LogP contribution is 2.41. The first-order valence-corrected chi connectivity index (χ1v) is 12.6. The van der Waals surface area contributed by atoms with Crippen LogP contribution in [0, 0.1) is 5.92 Å². The van der Waals surface area contributed by atoms with Gasteiger partial charge in [-0.05, 0) is 48.8 Å². The predicted molar refractivity (Wildman–Crippen MR) is 126 cm³/mol. The maximum Gasteiger partial charge on any atom is 0.417 e. The van der Waals surface area contributed by atoms with Crippen LogP contribution in [-0.4, -0.2) is 35.3 Å². The van der Waals surface area contributed by atoms with Crippen molar-refractivity contribution in [3.05, 3.63) is 65.2 Å². The molecule has 0 saturated heterocycles. The van der Waals surface area contributed by atoms with Crippen LogP contribution in [0.5, 0.6) is 0 Å². The summed E-state index contributed by atoms with van der Waals surface area (Å²) in [5.74, 6) is -0.619. The van der Waals surface area contributed by atoms with Gasteiger partial charge in [0.2, 0.25) is 5.91 Å². The summed E-state index contributed by atoms with van der Waals surface area (Å²) in [5, 5.41) is 10.8. The molecule has 1 N–H and O–H groups in total. The SMILES string of the molecule is CSc1ccc(C(CC2CCCC2)C(=O)N(C)C(C)C(O)c2ccccc2)cc1C(F)(F)F. The maximum atomic E-state index is 13.7. The quantitative estimate of drug-likeness (QED) is 0.430. The van der Waals surface area contributed by atoms with Gasteiger partial charge in [-0.3, -0.25) is 4.79 Å². The van der Waals surface area contributed by atoms with Gasteiger partial charge in [-0.1, -0.05) is 62.1 Å². The summed E-state index contributed by atoms with van der Waals surface area (Å²) < 4.78 is 41.2. The molecule has 1 fully saturated rings. The summed E-state index contributed by atoms with van der Waals surface area (Å²) in [4.78, 5) is 15.3. The number of alkyl halides is 3. The van der Waals surface area contributed by atoms with Crippen molar-refractivity contribution in [3.8, 4) is 0 Å². The molecule has 0 aromatic heterocycles. The summed E-state index contributed by atoms with van der Waals surface area (Å²) >= 11 is 1.05. The second-order valence-corrected chi connectivity index (χ2v) is 9.79. The van der Waals surface area contributed by atoms with Gasteiger partial charge < -0.3 is 10.0 Å². The van der Waals surface area contributed by atoms with Crippen molar-refractivity contribution in [2.75, 3.05) is 13.3 Å². The lowest BCUT2D eigenvalue weighted by molar-refractivity contribution is -0.140. The van der Waals surface area contributed by atoms with Crippen LogP contribution >= 0.6 is 11.8 Å². The lowest BCUT2D eigenvalue weighted by Gasteiger charge is -2.33. The van der Waals surface area contributed by atoms with E-state index < -0.39 is 29.8 Å². The largest absolute Gasteiger partial charge is 0.417 e. The van der Waals surface area contributed by atoms with E-state index in [2.05, 4.69) is 0 Å². The number of halogens is 3. The van der Waals surface area contributed by atoms with E-state index in [4.69, 9.17) is 0 Å². The maximum absolute atomic E-state index is 13.7. The summed E-state index contributed by atoms with van der Waals surface area (Å²) in [7, 11) is 1.63. The fraction of sp³-hybridized carbons (Fsp3) is 0.500. The smallest absolute Gasteiger partial charge is 0.386 e. The molecule has 180 valence electrons. The fourth-order valence-corrected chi connectivity index (χ4v) is 5.31. The topological polar surface area (TPSA) is 40.5 Å². The Morgan fingerprint density at radius 1 is 1.12 bits per heavy atom. The minimum Gasteiger partial charge on any atom is -0.386 e. The van der Waals surface area contributed by atoms with Crippen LogP contribution in [-0.2, 0) is 11.0 Å². The zero-order valence-corrected chi connectivity index (χ0v) is 20.1. The monoisotopic (exact) mass is 479 g/mol. The number of aliphatic hydroxyl groups is 1. The molecule has 3 unspecified atom stereocenters. The highest BCUT2D eigenvalue weighted by atomic mass is 32.2. The van der Waals surface area contributed by atoms with Crippen LogP contribution in [0.3, 0.4) is 0 Å². The van der Waals surface area contributed by atoms with Crippen LogP contribution in [0.1, 0.15) is 67.7 Å². The second kappa shape index (κ2) is 11.0. The molecule has 0 heterocycles. The van der Waals surface area contributed by atoms with Gasteiger partial charge >= 0.3 is 6.18 Å². The van der Waals surface area contributed by atoms with Crippen molar-refractivity contribution in [1.82, 2.24) is 4.90 Å². The summed E-state index contributed by atoms with van der Waals surface area (Å²) in [6.45, 7) is 1.76. The number of rotatable bonds is 8. The van der Waals surface area contributed by atoms with Gasteiger partial charge in [0.05, 0.1) is 23.6 Å². The van der Waals surface area contributed by atoms with Crippen molar-refractivity contribution < 1.29 is 23.1 Å². The normalized spacial score (nSPS) is 17.5. The van der Waals surface area contributed by atoms with Gasteiger partial charge in [0, 0.05) is 11.9 Å². The Morgan fingerprint density at radius 3 is 2.33 bits per heavy atom. The molecule has 0 aliphatic heterocycles. The molecule has 0 radical (unpaired) electrons. The Morgan fingerprint density at radius 2 is 1.76 bits per heavy atom. The lowest BCUT2D eigenvalue weighted by atomic mass is 9.85. The standard InChI is InChI=1S/C26H32F3NO2S/c1-17(24(31)19-11-5-4-6-12-19)30(2)25(32)21(15-18-9-7-8-10-18)20-13-14-23(33-3)22(16-20)26(27,28)29/h4-6,11-14,16-18,21,24,31H,7-10,15H2,1-3H3. The number of aliphatic hydroxyl groups excluding tert-OH is 1. The number of hydrogen-bond donors (Lipinski definition) is 1. The van der Waals surface area contributed by atoms with Crippen molar-refractivity contribution >= 4 is 17.7 Å². The molecule has 0 bridgehead atoms. The van der Waals surface area contributed by atoms with Crippen molar-refractivity contribution in [2.45, 2.75) is 68.2 Å². The molecular formula is C26H32F3NO2S. The number of amides is 1. The molecular weight excluding hydrogens is 447 g/mol. The minimum atomic E-state index is -4.49. The number of carbonyl (C=O) groups is 1. The molecule has 1 saturated carbocycles. The third-order valence-corrected chi connectivity index (χ3v) is 7.63. The lowest BCUT2D eigenvalue weighted by Crippen LogP contribution is -2.42. The van der Waals surface area contributed by atoms with E-state index in [1.807, 2.05) is 18.2 Å². The molecule has 1 amide bonds. The number of nitrogens with zero attached hydrogens (tertiary/aromatic N) is 1. The van der Waals surface area contributed by atoms with E-state index in [-0.39, 0.29) is 10.8 Å². The van der Waals surface area contributed by atoms with E-state index in [1.165, 1.54) is 11.0 Å². The van der Waals surface area contributed by atoms with E-state index in [9.17, 15) is 23.1 Å². The average molecular weight is 480 g/mol. The second-order valence-electron chi connectivity index (χ2n) is 8.94. The van der Waals surface area contributed by atoms with Gasteiger partial charge in [-0.2, -0.15) is 13.2 Å². The zero-order valence-electron chi connectivity index (χ0n) is 19.3. The first-order chi connectivity index (χ1) is 15.6. The van der Waals surface area contributed by atoms with Crippen molar-refractivity contribution in [1.29, 1.82) is 0 Å². The van der Waals surface area contributed by atoms with Gasteiger partial charge in [-0.15, -0.1) is 11.8 Å². The highest BCUT2D eigenvalue weighted by molar-refractivity contribution is 7.98. The first kappa shape index (κ1) is 25.6. The van der Waals surface area contributed by atoms with E-state index >= 15 is 0 Å². The van der Waals surface area contributed by atoms with Gasteiger partial charge in [0.1, 0.15) is 0 Å². The Labute approximate surface area is 198 Å². The molecule has 1 aliphatic rings. The third-order valence-electron chi connectivity index (χ3n) is 6.83. The molecule has 0 spiro atoms. The molecule has 3 nitrogen and oxygen atoms in total. The number of carbonyl (C=O) groups excluding carboxylic acids is 1. The number of likely N-dealkylation sites (N-methyl/N-ethyl adjacent to an activating group) is 1. The molecule has 2 aromatic rings. The minimum absolute atomic E-state index is 0.152. The zero-order chi connectivity index (χ0) is 24.2. The molecule has 2 aromatic carbocycles. The summed E-state index contributed by atoms with van der Waals surface area (Å²) in [6.07, 6.45) is 0.914. The first-order valence-electron chi connectivity index (χ1n) is 11.4. The average Bonchev–Trinajstić information content (AvgIpc) is 3.33. The molecule has 1 aliphatic carbocycles. The van der Waals surface area contributed by atoms with Gasteiger partial charge in [0.15, 0.2) is 0 Å². The number of thioether (sulfide) groups is 1.